The van der Waals surface area contributed by atoms with Crippen LogP contribution in [-0.2, 0) is 10.0 Å². The van der Waals surface area contributed by atoms with Crippen LogP contribution in [0.4, 0.5) is 11.4 Å². The zero-order valence-electron chi connectivity index (χ0n) is 10.6. The van der Waals surface area contributed by atoms with Crippen LogP contribution in [0.1, 0.15) is 0 Å². The van der Waals surface area contributed by atoms with Crippen LogP contribution in [0.15, 0.2) is 47.4 Å². The highest BCUT2D eigenvalue weighted by atomic mass is 35.5. The van der Waals surface area contributed by atoms with Crippen molar-refractivity contribution in [3.8, 4) is 5.75 Å². The van der Waals surface area contributed by atoms with Gasteiger partial charge in [0, 0.05) is 12.1 Å². The second-order valence-corrected chi connectivity index (χ2v) is 6.55. The summed E-state index contributed by atoms with van der Waals surface area (Å²) >= 11 is 5.82. The van der Waals surface area contributed by atoms with E-state index >= 15 is 0 Å². The number of nitrogens with two attached hydrogens (primary N) is 1. The van der Waals surface area contributed by atoms with Crippen LogP contribution < -0.4 is 10.0 Å². The lowest BCUT2D eigenvalue weighted by molar-refractivity contribution is 0.475. The van der Waals surface area contributed by atoms with Crippen molar-refractivity contribution >= 4 is 33.0 Å². The summed E-state index contributed by atoms with van der Waals surface area (Å²) in [5, 5.41) is 9.52. The van der Waals surface area contributed by atoms with E-state index in [4.69, 9.17) is 17.3 Å². The van der Waals surface area contributed by atoms with Crippen molar-refractivity contribution < 1.29 is 13.5 Å². The third-order valence-electron chi connectivity index (χ3n) is 2.83. The van der Waals surface area contributed by atoms with E-state index in [2.05, 4.69) is 0 Å². The predicted octanol–water partition coefficient (Wildman–Crippen LogP) is 2.45. The van der Waals surface area contributed by atoms with Gasteiger partial charge in [-0.1, -0.05) is 11.6 Å². The number of sulfonamides is 1. The summed E-state index contributed by atoms with van der Waals surface area (Å²) in [4.78, 5) is -0.0550. The van der Waals surface area contributed by atoms with Gasteiger partial charge < -0.3 is 10.8 Å². The van der Waals surface area contributed by atoms with Gasteiger partial charge in [0.1, 0.15) is 10.6 Å². The number of hydrogen-bond acceptors (Lipinski definition) is 4. The Morgan fingerprint density at radius 3 is 2.35 bits per heavy atom. The minimum absolute atomic E-state index is 0.0550. The molecule has 0 saturated carbocycles. The molecule has 0 aliphatic heterocycles. The van der Waals surface area contributed by atoms with Crippen LogP contribution in [0, 0.1) is 0 Å². The molecule has 20 heavy (non-hydrogen) atoms. The maximum absolute atomic E-state index is 12.5. The zero-order valence-corrected chi connectivity index (χ0v) is 12.2. The third kappa shape index (κ3) is 2.66. The number of aromatic hydroxyl groups is 1. The highest BCUT2D eigenvalue weighted by Crippen LogP contribution is 2.28. The Balaban J connectivity index is 2.49. The minimum atomic E-state index is -3.82. The van der Waals surface area contributed by atoms with Gasteiger partial charge in [0.15, 0.2) is 0 Å². The van der Waals surface area contributed by atoms with E-state index < -0.39 is 10.0 Å². The molecular weight excluding hydrogens is 300 g/mol. The monoisotopic (exact) mass is 312 g/mol. The minimum Gasteiger partial charge on any atom is -0.508 e. The molecule has 2 aromatic rings. The molecule has 0 aromatic heterocycles. The molecule has 0 bridgehead atoms. The van der Waals surface area contributed by atoms with Crippen LogP contribution in [0.2, 0.25) is 5.02 Å². The number of phenols is 1. The van der Waals surface area contributed by atoms with Crippen molar-refractivity contribution in [2.45, 2.75) is 4.90 Å². The fraction of sp³-hybridized carbons (Fsp3) is 0.0769. The van der Waals surface area contributed by atoms with Crippen molar-refractivity contribution in [3.63, 3.8) is 0 Å². The van der Waals surface area contributed by atoms with Gasteiger partial charge >= 0.3 is 0 Å². The summed E-state index contributed by atoms with van der Waals surface area (Å²) in [5.74, 6) is 0.0572. The van der Waals surface area contributed by atoms with Gasteiger partial charge in [0.05, 0.1) is 11.4 Å². The average molecular weight is 313 g/mol. The number of anilines is 2. The first-order valence-corrected chi connectivity index (χ1v) is 7.47. The number of rotatable bonds is 3. The SMILES string of the molecule is CN(c1ccc(O)cc1)S(=O)(=O)c1cc(Cl)ccc1N. The summed E-state index contributed by atoms with van der Waals surface area (Å²) in [6, 6.07) is 10.1. The lowest BCUT2D eigenvalue weighted by Gasteiger charge is -2.20. The Kier molecular flexibility index (Phi) is 3.78. The molecule has 0 aliphatic carbocycles. The van der Waals surface area contributed by atoms with E-state index in [0.29, 0.717) is 5.69 Å². The van der Waals surface area contributed by atoms with Gasteiger partial charge in [0.25, 0.3) is 10.0 Å². The van der Waals surface area contributed by atoms with Crippen LogP contribution in [0.25, 0.3) is 0 Å². The summed E-state index contributed by atoms with van der Waals surface area (Å²) in [6.45, 7) is 0. The molecule has 5 nitrogen and oxygen atoms in total. The molecule has 0 radical (unpaired) electrons. The standard InChI is InChI=1S/C13H13ClN2O3S/c1-16(10-3-5-11(17)6-4-10)20(18,19)13-8-9(14)2-7-12(13)15/h2-8,17H,15H2,1H3. The Bertz CT molecular complexity index is 730. The Hall–Kier alpha value is -1.92. The summed E-state index contributed by atoms with van der Waals surface area (Å²) in [5.41, 5.74) is 6.24. The van der Waals surface area contributed by atoms with Crippen LogP contribution in [0.3, 0.4) is 0 Å². The second-order valence-electron chi connectivity index (χ2n) is 4.17. The van der Waals surface area contributed by atoms with E-state index in [-0.39, 0.29) is 21.4 Å². The lowest BCUT2D eigenvalue weighted by Crippen LogP contribution is -2.27. The first kappa shape index (κ1) is 14.5. The van der Waals surface area contributed by atoms with Crippen LogP contribution in [-0.4, -0.2) is 20.6 Å². The Labute approximate surface area is 122 Å². The topological polar surface area (TPSA) is 83.6 Å². The maximum Gasteiger partial charge on any atom is 0.266 e. The van der Waals surface area contributed by atoms with Crippen molar-refractivity contribution in [1.29, 1.82) is 0 Å². The molecule has 0 saturated heterocycles. The highest BCUT2D eigenvalue weighted by molar-refractivity contribution is 7.93. The smallest absolute Gasteiger partial charge is 0.266 e. The first-order valence-electron chi connectivity index (χ1n) is 5.65. The second kappa shape index (κ2) is 5.22. The lowest BCUT2D eigenvalue weighted by atomic mass is 10.3. The third-order valence-corrected chi connectivity index (χ3v) is 4.90. The molecule has 0 atom stereocenters. The van der Waals surface area contributed by atoms with E-state index in [9.17, 15) is 13.5 Å². The summed E-state index contributed by atoms with van der Waals surface area (Å²) in [6.07, 6.45) is 0. The molecule has 0 spiro atoms. The van der Waals surface area contributed by atoms with E-state index in [1.807, 2.05) is 0 Å². The fourth-order valence-electron chi connectivity index (χ4n) is 1.68. The van der Waals surface area contributed by atoms with Gasteiger partial charge in [0.2, 0.25) is 0 Å². The van der Waals surface area contributed by atoms with Gasteiger partial charge in [-0.25, -0.2) is 8.42 Å². The van der Waals surface area contributed by atoms with Crippen molar-refractivity contribution in [1.82, 2.24) is 0 Å². The molecule has 7 heteroatoms. The first-order chi connectivity index (χ1) is 9.32. The maximum atomic E-state index is 12.5. The summed E-state index contributed by atoms with van der Waals surface area (Å²) in [7, 11) is -2.41. The predicted molar refractivity (Wildman–Crippen MR) is 79.6 cm³/mol. The molecule has 0 unspecified atom stereocenters. The Morgan fingerprint density at radius 1 is 1.15 bits per heavy atom. The molecular formula is C13H13ClN2O3S. The van der Waals surface area contributed by atoms with E-state index in [1.54, 1.807) is 0 Å². The zero-order chi connectivity index (χ0) is 14.9. The van der Waals surface area contributed by atoms with Gasteiger partial charge in [-0.3, -0.25) is 4.31 Å². The number of phenolic OH excluding ortho intramolecular Hbond substituents is 1. The molecule has 0 heterocycles. The number of hydrogen-bond donors (Lipinski definition) is 2. The molecule has 0 fully saturated rings. The van der Waals surface area contributed by atoms with Crippen molar-refractivity contribution in [3.05, 3.63) is 47.5 Å². The number of nitrogens with zero attached hydrogens (tertiary/aromatic N) is 1. The van der Waals surface area contributed by atoms with Crippen molar-refractivity contribution in [2.75, 3.05) is 17.1 Å². The van der Waals surface area contributed by atoms with Gasteiger partial charge in [-0.15, -0.1) is 0 Å². The molecule has 0 amide bonds. The average Bonchev–Trinajstić information content (AvgIpc) is 2.41. The molecule has 2 rings (SSSR count). The van der Waals surface area contributed by atoms with Gasteiger partial charge in [-0.2, -0.15) is 0 Å². The fourth-order valence-corrected chi connectivity index (χ4v) is 3.25. The summed E-state index contributed by atoms with van der Waals surface area (Å²) < 4.78 is 26.1. The largest absolute Gasteiger partial charge is 0.508 e. The number of nitrogen functional groups attached to an aromatic ring is 1. The molecule has 2 aromatic carbocycles. The van der Waals surface area contributed by atoms with Crippen LogP contribution in [0.5, 0.6) is 5.75 Å². The molecule has 106 valence electrons. The van der Waals surface area contributed by atoms with Crippen LogP contribution >= 0.6 is 11.6 Å². The Morgan fingerprint density at radius 2 is 1.75 bits per heavy atom. The number of benzene rings is 2. The molecule has 0 aliphatic rings. The number of halogens is 1. The van der Waals surface area contributed by atoms with E-state index in [1.165, 1.54) is 49.5 Å². The molecule has 3 N–H and O–H groups in total. The van der Waals surface area contributed by atoms with Gasteiger partial charge in [-0.05, 0) is 42.5 Å². The normalized spacial score (nSPS) is 11.3. The quantitative estimate of drug-likeness (QED) is 0.853. The highest BCUT2D eigenvalue weighted by Gasteiger charge is 2.24. The van der Waals surface area contributed by atoms with E-state index in [0.717, 1.165) is 4.31 Å². The van der Waals surface area contributed by atoms with Crippen molar-refractivity contribution in [2.24, 2.45) is 0 Å².